The third-order valence-corrected chi connectivity index (χ3v) is 4.46. The van der Waals surface area contributed by atoms with Gasteiger partial charge in [0.2, 0.25) is 0 Å². The number of cyclic esters (lactones) is 2. The molecule has 10 heteroatoms. The first kappa shape index (κ1) is 27.5. The first-order chi connectivity index (χ1) is 15.9. The molecule has 1 aromatic rings. The maximum absolute atomic E-state index is 11.4. The van der Waals surface area contributed by atoms with Crippen LogP contribution in [0.25, 0.3) is 0 Å². The molecule has 9 nitrogen and oxygen atoms in total. The predicted octanol–water partition coefficient (Wildman–Crippen LogP) is 3.38. The minimum absolute atomic E-state index is 0.0596. The van der Waals surface area contributed by atoms with Crippen LogP contribution in [0.2, 0.25) is 0 Å². The van der Waals surface area contributed by atoms with E-state index >= 15 is 0 Å². The number of allylic oxidation sites excluding steroid dienone is 2. The number of carbonyl (C=O) groups is 2. The van der Waals surface area contributed by atoms with Crippen LogP contribution in [-0.4, -0.2) is 71.5 Å². The molecule has 2 saturated heterocycles. The van der Waals surface area contributed by atoms with E-state index in [4.69, 9.17) is 21.7 Å². The van der Waals surface area contributed by atoms with Crippen molar-refractivity contribution in [2.45, 2.75) is 26.9 Å². The van der Waals surface area contributed by atoms with Crippen molar-refractivity contribution in [3.63, 3.8) is 0 Å². The predicted molar refractivity (Wildman–Crippen MR) is 132 cm³/mol. The highest BCUT2D eigenvalue weighted by molar-refractivity contribution is 7.80. The fourth-order valence-corrected chi connectivity index (χ4v) is 2.81. The lowest BCUT2D eigenvalue weighted by molar-refractivity contribution is 0.139. The van der Waals surface area contributed by atoms with Crippen LogP contribution in [0.1, 0.15) is 20.8 Å². The Bertz CT molecular complexity index is 883. The Morgan fingerprint density at radius 1 is 1.39 bits per heavy atom. The van der Waals surface area contributed by atoms with Crippen LogP contribution >= 0.6 is 12.2 Å². The van der Waals surface area contributed by atoms with Crippen LogP contribution in [0, 0.1) is 12.3 Å². The van der Waals surface area contributed by atoms with Gasteiger partial charge in [-0.05, 0) is 51.2 Å². The summed E-state index contributed by atoms with van der Waals surface area (Å²) in [6.45, 7) is 7.42. The number of anilines is 1. The van der Waals surface area contributed by atoms with E-state index in [9.17, 15) is 9.59 Å². The quantitative estimate of drug-likeness (QED) is 0.382. The van der Waals surface area contributed by atoms with Gasteiger partial charge >= 0.3 is 12.2 Å². The number of hydrogen-bond acceptors (Lipinski definition) is 6. The number of hydrogen-bond donors (Lipinski definition) is 2. The molecule has 178 valence electrons. The monoisotopic (exact) mass is 473 g/mol. The molecule has 2 N–H and O–H groups in total. The van der Waals surface area contributed by atoms with Gasteiger partial charge in [-0.15, -0.1) is 12.3 Å². The summed E-state index contributed by atoms with van der Waals surface area (Å²) in [7, 11) is 1.76. The van der Waals surface area contributed by atoms with Gasteiger partial charge in [-0.2, -0.15) is 0 Å². The SMILES string of the molecule is C#CC.C/C=C(\C=C/CN1CC(C)OC1=O)N1CCOC1=O.CNC(=S)Nc1ccccn1. The van der Waals surface area contributed by atoms with E-state index in [2.05, 4.69) is 28.0 Å². The molecule has 1 atom stereocenters. The molecule has 0 radical (unpaired) electrons. The van der Waals surface area contributed by atoms with Gasteiger partial charge in [0.15, 0.2) is 5.11 Å². The van der Waals surface area contributed by atoms with Gasteiger partial charge in [0.05, 0.1) is 13.1 Å². The Kier molecular flexibility index (Phi) is 12.7. The van der Waals surface area contributed by atoms with Crippen LogP contribution in [0.3, 0.4) is 0 Å². The Morgan fingerprint density at radius 2 is 2.12 bits per heavy atom. The van der Waals surface area contributed by atoms with E-state index in [1.807, 2.05) is 50.3 Å². The molecular weight excluding hydrogens is 442 g/mol. The zero-order valence-corrected chi connectivity index (χ0v) is 20.2. The number of ether oxygens (including phenoxy) is 2. The third kappa shape index (κ3) is 10.1. The first-order valence-electron chi connectivity index (χ1n) is 10.4. The second kappa shape index (κ2) is 15.3. The second-order valence-corrected chi connectivity index (χ2v) is 7.10. The van der Waals surface area contributed by atoms with Gasteiger partial charge in [-0.25, -0.2) is 14.6 Å². The van der Waals surface area contributed by atoms with Crippen molar-refractivity contribution in [3.8, 4) is 12.3 Å². The summed E-state index contributed by atoms with van der Waals surface area (Å²) in [5.41, 5.74) is 0.781. The van der Waals surface area contributed by atoms with Gasteiger partial charge in [0.25, 0.3) is 0 Å². The molecule has 2 aliphatic rings. The number of carbonyl (C=O) groups excluding carboxylic acids is 2. The lowest BCUT2D eigenvalue weighted by atomic mass is 10.3. The highest BCUT2D eigenvalue weighted by Gasteiger charge is 2.27. The van der Waals surface area contributed by atoms with Crippen molar-refractivity contribution >= 4 is 35.3 Å². The van der Waals surface area contributed by atoms with Crippen molar-refractivity contribution < 1.29 is 19.1 Å². The van der Waals surface area contributed by atoms with Crippen LogP contribution in [0.4, 0.5) is 15.4 Å². The van der Waals surface area contributed by atoms with E-state index in [0.717, 1.165) is 11.5 Å². The largest absolute Gasteiger partial charge is 0.447 e. The average molecular weight is 474 g/mol. The van der Waals surface area contributed by atoms with Gasteiger partial charge in [0.1, 0.15) is 18.5 Å². The summed E-state index contributed by atoms with van der Waals surface area (Å²) in [4.78, 5) is 30.1. The van der Waals surface area contributed by atoms with Gasteiger partial charge in [-0.3, -0.25) is 4.90 Å². The van der Waals surface area contributed by atoms with Crippen LogP contribution in [-0.2, 0) is 9.47 Å². The molecule has 1 unspecified atom stereocenters. The lowest BCUT2D eigenvalue weighted by Gasteiger charge is -2.14. The maximum Gasteiger partial charge on any atom is 0.414 e. The molecule has 0 aliphatic carbocycles. The van der Waals surface area contributed by atoms with E-state index in [0.29, 0.717) is 31.4 Å². The molecule has 0 spiro atoms. The molecule has 1 aromatic heterocycles. The number of thiocarbonyl (C=S) groups is 1. The normalized spacial score (nSPS) is 17.2. The molecule has 2 fully saturated rings. The Labute approximate surface area is 200 Å². The highest BCUT2D eigenvalue weighted by Crippen LogP contribution is 2.14. The molecule has 3 rings (SSSR count). The van der Waals surface area contributed by atoms with E-state index in [-0.39, 0.29) is 18.3 Å². The van der Waals surface area contributed by atoms with Crippen LogP contribution in [0.15, 0.2) is 48.3 Å². The summed E-state index contributed by atoms with van der Waals surface area (Å²) in [6, 6.07) is 5.60. The smallest absolute Gasteiger partial charge is 0.414 e. The Hall–Kier alpha value is -3.58. The number of terminal acetylenes is 1. The third-order valence-electron chi connectivity index (χ3n) is 4.15. The van der Waals surface area contributed by atoms with Crippen molar-refractivity contribution in [2.75, 3.05) is 38.6 Å². The van der Waals surface area contributed by atoms with Crippen LogP contribution in [0.5, 0.6) is 0 Å². The Morgan fingerprint density at radius 3 is 2.61 bits per heavy atom. The molecule has 0 saturated carbocycles. The van der Waals surface area contributed by atoms with Crippen molar-refractivity contribution in [2.24, 2.45) is 0 Å². The summed E-state index contributed by atoms with van der Waals surface area (Å²) in [6.07, 6.45) is 11.1. The minimum Gasteiger partial charge on any atom is -0.447 e. The summed E-state index contributed by atoms with van der Waals surface area (Å²) >= 11 is 4.88. The van der Waals surface area contributed by atoms with Crippen molar-refractivity contribution in [1.82, 2.24) is 20.1 Å². The number of nitrogens with one attached hydrogen (secondary N) is 2. The van der Waals surface area contributed by atoms with E-state index < -0.39 is 0 Å². The molecule has 0 aromatic carbocycles. The zero-order valence-electron chi connectivity index (χ0n) is 19.4. The number of amides is 2. The van der Waals surface area contributed by atoms with Crippen molar-refractivity contribution in [3.05, 3.63) is 48.3 Å². The summed E-state index contributed by atoms with van der Waals surface area (Å²) < 4.78 is 9.92. The molecule has 0 bridgehead atoms. The number of aromatic nitrogens is 1. The highest BCUT2D eigenvalue weighted by atomic mass is 32.1. The van der Waals surface area contributed by atoms with E-state index in [1.54, 1.807) is 30.0 Å². The fraction of sp³-hybridized carbons (Fsp3) is 0.391. The zero-order chi connectivity index (χ0) is 24.6. The van der Waals surface area contributed by atoms with Crippen molar-refractivity contribution in [1.29, 1.82) is 0 Å². The van der Waals surface area contributed by atoms with E-state index in [1.165, 1.54) is 0 Å². The standard InChI is InChI=1S/C13H18N2O4.C7H9N3S.C3H4/c1-3-11(15-7-8-18-13(15)17)5-4-6-14-9-10(2)19-12(14)16;1-8-7(11)10-6-4-2-3-5-9-6;1-3-2/h3-5,10H,6-9H2,1-2H3;2-5H,1H3,(H2,8,9,10,11);1H,2H3/b5-4-,11-3+;;. The molecule has 2 amide bonds. The summed E-state index contributed by atoms with van der Waals surface area (Å²) in [5, 5.41) is 6.27. The van der Waals surface area contributed by atoms with Crippen LogP contribution < -0.4 is 10.6 Å². The first-order valence-corrected chi connectivity index (χ1v) is 10.8. The molecule has 2 aliphatic heterocycles. The van der Waals surface area contributed by atoms with Gasteiger partial charge in [0, 0.05) is 25.5 Å². The average Bonchev–Trinajstić information content (AvgIpc) is 3.37. The second-order valence-electron chi connectivity index (χ2n) is 6.69. The number of nitrogens with zero attached hydrogens (tertiary/aromatic N) is 3. The Balaban J connectivity index is 0.000000329. The van der Waals surface area contributed by atoms with Gasteiger partial charge < -0.3 is 25.0 Å². The molecular formula is C23H31N5O4S. The molecule has 3 heterocycles. The number of pyridine rings is 1. The number of rotatable bonds is 5. The fourth-order valence-electron chi connectivity index (χ4n) is 2.70. The minimum atomic E-state index is -0.327. The topological polar surface area (TPSA) is 96.0 Å². The van der Waals surface area contributed by atoms with Gasteiger partial charge in [-0.1, -0.05) is 18.2 Å². The maximum atomic E-state index is 11.4. The summed E-state index contributed by atoms with van der Waals surface area (Å²) in [5.74, 6) is 3.01. The lowest BCUT2D eigenvalue weighted by Crippen LogP contribution is -2.25. The molecule has 33 heavy (non-hydrogen) atoms.